The average Bonchev–Trinajstić information content (AvgIpc) is 3.08. The van der Waals surface area contributed by atoms with Gasteiger partial charge in [0, 0.05) is 5.56 Å². The van der Waals surface area contributed by atoms with Gasteiger partial charge in [-0.3, -0.25) is 19.2 Å². The summed E-state index contributed by atoms with van der Waals surface area (Å²) in [5.74, 6) is -1.28. The summed E-state index contributed by atoms with van der Waals surface area (Å²) in [7, 11) is 0. The molecule has 0 radical (unpaired) electrons. The van der Waals surface area contributed by atoms with E-state index in [1.807, 2.05) is 30.3 Å². The van der Waals surface area contributed by atoms with Crippen LogP contribution in [0.25, 0.3) is 0 Å². The van der Waals surface area contributed by atoms with Gasteiger partial charge in [0.2, 0.25) is 5.91 Å². The number of carbonyl (C=O) groups is 4. The second-order valence-corrected chi connectivity index (χ2v) is 8.77. The third-order valence-corrected chi connectivity index (χ3v) is 6.44. The van der Waals surface area contributed by atoms with E-state index < -0.39 is 42.3 Å². The van der Waals surface area contributed by atoms with Crippen LogP contribution >= 0.6 is 0 Å². The number of hydroxylamine groups is 2. The van der Waals surface area contributed by atoms with Crippen molar-refractivity contribution in [1.82, 2.24) is 20.4 Å². The van der Waals surface area contributed by atoms with E-state index in [0.29, 0.717) is 5.56 Å². The summed E-state index contributed by atoms with van der Waals surface area (Å²) >= 11 is 0. The zero-order chi connectivity index (χ0) is 25.4. The fourth-order valence-electron chi connectivity index (χ4n) is 4.76. The van der Waals surface area contributed by atoms with Crippen LogP contribution in [0, 0.1) is 0 Å². The topological polar surface area (TPSA) is 108 Å². The molecule has 4 aliphatic rings. The Morgan fingerprint density at radius 1 is 1.03 bits per heavy atom. The van der Waals surface area contributed by atoms with Gasteiger partial charge < -0.3 is 10.1 Å². The largest absolute Gasteiger partial charge is 0.448 e. The van der Waals surface area contributed by atoms with E-state index in [4.69, 9.17) is 9.57 Å². The van der Waals surface area contributed by atoms with Gasteiger partial charge in [0.1, 0.15) is 18.2 Å². The van der Waals surface area contributed by atoms with E-state index in [9.17, 15) is 19.2 Å². The molecule has 4 unspecified atom stereocenters. The number of carbonyl (C=O) groups excluding carboxylic acids is 4. The first-order valence-electron chi connectivity index (χ1n) is 11.8. The first-order valence-corrected chi connectivity index (χ1v) is 11.8. The number of hydrogen-bond acceptors (Lipinski definition) is 6. The Morgan fingerprint density at radius 2 is 1.69 bits per heavy atom. The van der Waals surface area contributed by atoms with Gasteiger partial charge in [0.15, 0.2) is 6.17 Å². The molecule has 0 aromatic heterocycles. The highest BCUT2D eigenvalue weighted by Gasteiger charge is 2.63. The number of hydrazine groups is 1. The van der Waals surface area contributed by atoms with E-state index in [-0.39, 0.29) is 18.9 Å². The zero-order valence-corrected chi connectivity index (χ0v) is 19.9. The van der Waals surface area contributed by atoms with Crippen LogP contribution < -0.4 is 5.32 Å². The van der Waals surface area contributed by atoms with E-state index >= 15 is 0 Å². The van der Waals surface area contributed by atoms with Gasteiger partial charge in [-0.2, -0.15) is 10.1 Å². The van der Waals surface area contributed by atoms with Crippen LogP contribution in [0.3, 0.4) is 0 Å². The van der Waals surface area contributed by atoms with Crippen LogP contribution in [0.2, 0.25) is 0 Å². The van der Waals surface area contributed by atoms with E-state index in [0.717, 1.165) is 21.2 Å². The summed E-state index contributed by atoms with van der Waals surface area (Å²) in [4.78, 5) is 58.6. The summed E-state index contributed by atoms with van der Waals surface area (Å²) in [6.45, 7) is 3.53. The minimum absolute atomic E-state index is 0.0750. The molecule has 0 saturated carbocycles. The number of β-lactam (4-membered cyclic amide) rings is 1. The van der Waals surface area contributed by atoms with Crippen LogP contribution in [0.1, 0.15) is 29.8 Å². The Balaban J connectivity index is 1.46. The molecule has 2 saturated heterocycles. The molecule has 4 atom stereocenters. The molecule has 4 heterocycles. The van der Waals surface area contributed by atoms with Gasteiger partial charge in [-0.25, -0.2) is 9.80 Å². The molecule has 10 heteroatoms. The van der Waals surface area contributed by atoms with Crippen LogP contribution in [0.5, 0.6) is 0 Å². The summed E-state index contributed by atoms with van der Waals surface area (Å²) in [6, 6.07) is 16.0. The van der Waals surface area contributed by atoms with Crippen molar-refractivity contribution in [3.8, 4) is 0 Å². The summed E-state index contributed by atoms with van der Waals surface area (Å²) in [5.41, 5.74) is 1.90. The fourth-order valence-corrected chi connectivity index (χ4v) is 4.76. The Morgan fingerprint density at radius 3 is 2.36 bits per heavy atom. The molecule has 2 aromatic rings. The van der Waals surface area contributed by atoms with Crippen molar-refractivity contribution >= 4 is 23.8 Å². The maximum Gasteiger partial charge on any atom is 0.431 e. The van der Waals surface area contributed by atoms with E-state index in [2.05, 4.69) is 5.32 Å². The maximum atomic E-state index is 13.4. The highest BCUT2D eigenvalue weighted by Crippen LogP contribution is 2.40. The molecule has 6 rings (SSSR count). The SMILES string of the molecule is CCOC(=O)N1C2C=C(C)C(ON2C(=O)c2ccccc2)C2C(NC(=O)Cc3ccccc3)C(=O)N21. The molecule has 4 amide bonds. The van der Waals surface area contributed by atoms with Crippen LogP contribution in [0.15, 0.2) is 72.3 Å². The smallest absolute Gasteiger partial charge is 0.431 e. The Bertz CT molecular complexity index is 1220. The number of hydrogen-bond donors (Lipinski definition) is 1. The standard InChI is InChI=1S/C26H26N4O6/c1-3-35-26(34)28-20-14-16(2)23(36-30(20)24(32)18-12-8-5-9-13-18)22-21(25(33)29(22)28)27-19(31)15-17-10-6-4-7-11-17/h4-14,20-23H,3,15H2,1-2H3,(H,27,31). The van der Waals surface area contributed by atoms with Crippen molar-refractivity contribution in [1.29, 1.82) is 0 Å². The lowest BCUT2D eigenvalue weighted by molar-refractivity contribution is -0.185. The molecule has 186 valence electrons. The number of benzene rings is 2. The van der Waals surface area contributed by atoms with Crippen molar-refractivity contribution in [3.05, 3.63) is 83.4 Å². The number of rotatable bonds is 5. The quantitative estimate of drug-likeness (QED) is 0.508. The first kappa shape index (κ1) is 23.6. The van der Waals surface area contributed by atoms with Gasteiger partial charge in [0.25, 0.3) is 11.8 Å². The minimum atomic E-state index is -1.04. The number of ether oxygens (including phenoxy) is 1. The van der Waals surface area contributed by atoms with Crippen LogP contribution in [0.4, 0.5) is 4.79 Å². The van der Waals surface area contributed by atoms with Gasteiger partial charge in [0.05, 0.1) is 13.0 Å². The lowest BCUT2D eigenvalue weighted by Gasteiger charge is -2.50. The molecule has 1 N–H and O–H groups in total. The van der Waals surface area contributed by atoms with Crippen molar-refractivity contribution in [2.45, 2.75) is 44.6 Å². The molecule has 10 nitrogen and oxygen atoms in total. The molecule has 0 spiro atoms. The average molecular weight is 491 g/mol. The Hall–Kier alpha value is -4.18. The molecular weight excluding hydrogens is 464 g/mol. The second kappa shape index (κ2) is 9.46. The number of nitrogens with zero attached hydrogens (tertiary/aromatic N) is 3. The van der Waals surface area contributed by atoms with Gasteiger partial charge >= 0.3 is 6.09 Å². The lowest BCUT2D eigenvalue weighted by atomic mass is 9.88. The molecule has 36 heavy (non-hydrogen) atoms. The highest BCUT2D eigenvalue weighted by atomic mass is 16.7. The second-order valence-electron chi connectivity index (χ2n) is 8.77. The van der Waals surface area contributed by atoms with Crippen molar-refractivity contribution in [2.24, 2.45) is 0 Å². The lowest BCUT2D eigenvalue weighted by Crippen LogP contribution is -2.78. The minimum Gasteiger partial charge on any atom is -0.448 e. The van der Waals surface area contributed by atoms with Crippen LogP contribution in [-0.4, -0.2) is 69.9 Å². The third-order valence-electron chi connectivity index (χ3n) is 6.44. The monoisotopic (exact) mass is 490 g/mol. The number of amides is 4. The summed E-state index contributed by atoms with van der Waals surface area (Å²) in [6.07, 6.45) is -0.784. The normalized spacial score (nSPS) is 24.3. The summed E-state index contributed by atoms with van der Waals surface area (Å²) in [5, 5.41) is 6.24. The molecule has 2 fully saturated rings. The number of fused-ring (bicyclic) bond motifs is 1. The zero-order valence-electron chi connectivity index (χ0n) is 19.9. The molecule has 0 aliphatic carbocycles. The predicted octanol–water partition coefficient (Wildman–Crippen LogP) is 2.04. The summed E-state index contributed by atoms with van der Waals surface area (Å²) < 4.78 is 5.24. The molecular formula is C26H26N4O6. The van der Waals surface area contributed by atoms with Crippen molar-refractivity contribution in [3.63, 3.8) is 0 Å². The van der Waals surface area contributed by atoms with Gasteiger partial charge in [-0.15, -0.1) is 0 Å². The molecule has 2 bridgehead atoms. The Kier molecular flexibility index (Phi) is 6.19. The van der Waals surface area contributed by atoms with Gasteiger partial charge in [-0.1, -0.05) is 48.5 Å². The predicted molar refractivity (Wildman–Crippen MR) is 127 cm³/mol. The van der Waals surface area contributed by atoms with Crippen molar-refractivity contribution < 1.29 is 28.8 Å². The molecule has 4 aliphatic heterocycles. The van der Waals surface area contributed by atoms with E-state index in [1.54, 1.807) is 50.3 Å². The first-order chi connectivity index (χ1) is 17.4. The Labute approximate surface area is 208 Å². The molecule has 2 aromatic carbocycles. The third kappa shape index (κ3) is 3.99. The van der Waals surface area contributed by atoms with E-state index in [1.165, 1.54) is 5.01 Å². The highest BCUT2D eigenvalue weighted by molar-refractivity contribution is 5.97. The van der Waals surface area contributed by atoms with Crippen LogP contribution in [-0.2, 0) is 25.6 Å². The van der Waals surface area contributed by atoms with Gasteiger partial charge in [-0.05, 0) is 43.2 Å². The number of nitrogens with one attached hydrogen (secondary N) is 1. The van der Waals surface area contributed by atoms with Crippen molar-refractivity contribution in [2.75, 3.05) is 6.61 Å². The fraction of sp³-hybridized carbons (Fsp3) is 0.308. The maximum absolute atomic E-state index is 13.4.